The summed E-state index contributed by atoms with van der Waals surface area (Å²) in [5.74, 6) is -1.22. The van der Waals surface area contributed by atoms with Gasteiger partial charge in [0.05, 0.1) is 15.9 Å². The molecule has 0 aliphatic rings. The molecule has 0 bridgehead atoms. The third-order valence-corrected chi connectivity index (χ3v) is 4.26. The fourth-order valence-electron chi connectivity index (χ4n) is 2.18. The Labute approximate surface area is 124 Å². The molecule has 0 saturated carbocycles. The molecular formula is C14H16BrF2N3. The number of nitrogens with two attached hydrogens (primary N) is 1. The smallest absolute Gasteiger partial charge is 0.130 e. The van der Waals surface area contributed by atoms with Crippen LogP contribution >= 0.6 is 15.9 Å². The van der Waals surface area contributed by atoms with Gasteiger partial charge in [-0.2, -0.15) is 5.10 Å². The van der Waals surface area contributed by atoms with E-state index >= 15 is 0 Å². The van der Waals surface area contributed by atoms with Gasteiger partial charge < -0.3 is 5.73 Å². The summed E-state index contributed by atoms with van der Waals surface area (Å²) in [6, 6.07) is 2.92. The number of rotatable bonds is 4. The van der Waals surface area contributed by atoms with Crippen molar-refractivity contribution >= 4 is 15.9 Å². The van der Waals surface area contributed by atoms with Gasteiger partial charge in [0.1, 0.15) is 11.6 Å². The molecule has 1 aromatic carbocycles. The molecule has 108 valence electrons. The van der Waals surface area contributed by atoms with E-state index in [-0.39, 0.29) is 0 Å². The van der Waals surface area contributed by atoms with Crippen LogP contribution in [0.1, 0.15) is 29.9 Å². The lowest BCUT2D eigenvalue weighted by atomic mass is 10.0. The van der Waals surface area contributed by atoms with E-state index in [9.17, 15) is 8.78 Å². The lowest BCUT2D eigenvalue weighted by molar-refractivity contribution is 0.540. The molecule has 0 spiro atoms. The van der Waals surface area contributed by atoms with Crippen LogP contribution in [-0.4, -0.2) is 9.78 Å². The first-order valence-corrected chi connectivity index (χ1v) is 7.15. The lowest BCUT2D eigenvalue weighted by Crippen LogP contribution is -2.18. The van der Waals surface area contributed by atoms with E-state index in [0.717, 1.165) is 21.9 Å². The average molecular weight is 344 g/mol. The summed E-state index contributed by atoms with van der Waals surface area (Å²) in [4.78, 5) is 0. The van der Waals surface area contributed by atoms with Crippen LogP contribution in [0.5, 0.6) is 0 Å². The van der Waals surface area contributed by atoms with Crippen molar-refractivity contribution in [2.75, 3.05) is 0 Å². The highest BCUT2D eigenvalue weighted by atomic mass is 79.9. The Morgan fingerprint density at radius 3 is 2.70 bits per heavy atom. The number of aromatic nitrogens is 2. The number of hydrogen-bond acceptors (Lipinski definition) is 2. The Morgan fingerprint density at radius 2 is 2.10 bits per heavy atom. The first kappa shape index (κ1) is 15.1. The van der Waals surface area contributed by atoms with Gasteiger partial charge in [0.25, 0.3) is 0 Å². The number of benzene rings is 1. The monoisotopic (exact) mass is 343 g/mol. The number of aryl methyl sites for hydroxylation is 2. The van der Waals surface area contributed by atoms with E-state index in [1.54, 1.807) is 0 Å². The van der Waals surface area contributed by atoms with Crippen LogP contribution in [0, 0.1) is 18.6 Å². The average Bonchev–Trinajstić information content (AvgIpc) is 2.66. The second-order valence-electron chi connectivity index (χ2n) is 4.64. The van der Waals surface area contributed by atoms with Crippen LogP contribution in [-0.2, 0) is 13.0 Å². The Hall–Kier alpha value is -1.27. The summed E-state index contributed by atoms with van der Waals surface area (Å²) in [6.07, 6.45) is 0.428. The second kappa shape index (κ2) is 6.01. The van der Waals surface area contributed by atoms with Crippen molar-refractivity contribution in [1.82, 2.24) is 9.78 Å². The molecule has 1 heterocycles. The second-order valence-corrected chi connectivity index (χ2v) is 5.43. The van der Waals surface area contributed by atoms with E-state index in [2.05, 4.69) is 21.0 Å². The standard InChI is InChI=1S/C14H16BrF2N3/c1-3-20-13(14(15)8(2)19-20)7-12(18)10-5-4-9(16)6-11(10)17/h4-6,12H,3,7,18H2,1-2H3. The van der Waals surface area contributed by atoms with Gasteiger partial charge in [0, 0.05) is 30.6 Å². The van der Waals surface area contributed by atoms with Gasteiger partial charge in [0.2, 0.25) is 0 Å². The highest BCUT2D eigenvalue weighted by Gasteiger charge is 2.18. The molecule has 3 nitrogen and oxygen atoms in total. The Morgan fingerprint density at radius 1 is 1.40 bits per heavy atom. The van der Waals surface area contributed by atoms with E-state index in [1.165, 1.54) is 12.1 Å². The molecule has 0 aliphatic heterocycles. The zero-order chi connectivity index (χ0) is 14.9. The SMILES string of the molecule is CCn1nc(C)c(Br)c1CC(N)c1ccc(F)cc1F. The van der Waals surface area contributed by atoms with Crippen LogP contribution in [0.3, 0.4) is 0 Å². The molecule has 0 radical (unpaired) electrons. The molecule has 1 aromatic heterocycles. The minimum atomic E-state index is -0.618. The molecule has 1 atom stereocenters. The molecule has 1 unspecified atom stereocenters. The highest BCUT2D eigenvalue weighted by molar-refractivity contribution is 9.10. The van der Waals surface area contributed by atoms with Gasteiger partial charge in [-0.3, -0.25) is 4.68 Å². The quantitative estimate of drug-likeness (QED) is 0.923. The van der Waals surface area contributed by atoms with Crippen molar-refractivity contribution in [3.8, 4) is 0 Å². The molecule has 6 heteroatoms. The molecule has 20 heavy (non-hydrogen) atoms. The maximum Gasteiger partial charge on any atom is 0.130 e. The molecule has 2 N–H and O–H groups in total. The van der Waals surface area contributed by atoms with Crippen LogP contribution in [0.2, 0.25) is 0 Å². The summed E-state index contributed by atoms with van der Waals surface area (Å²) >= 11 is 3.48. The van der Waals surface area contributed by atoms with Crippen molar-refractivity contribution in [3.05, 3.63) is 51.3 Å². The van der Waals surface area contributed by atoms with Gasteiger partial charge in [-0.15, -0.1) is 0 Å². The molecule has 0 aliphatic carbocycles. The summed E-state index contributed by atoms with van der Waals surface area (Å²) in [5, 5.41) is 4.37. The molecule has 2 aromatic rings. The minimum Gasteiger partial charge on any atom is -0.324 e. The van der Waals surface area contributed by atoms with Crippen molar-refractivity contribution < 1.29 is 8.78 Å². The molecule has 0 amide bonds. The van der Waals surface area contributed by atoms with Crippen molar-refractivity contribution in [2.24, 2.45) is 5.73 Å². The Kier molecular flexibility index (Phi) is 4.55. The highest BCUT2D eigenvalue weighted by Crippen LogP contribution is 2.26. The van der Waals surface area contributed by atoms with Crippen molar-refractivity contribution in [1.29, 1.82) is 0 Å². The van der Waals surface area contributed by atoms with Crippen LogP contribution in [0.4, 0.5) is 8.78 Å². The summed E-state index contributed by atoms with van der Waals surface area (Å²) in [6.45, 7) is 4.58. The van der Waals surface area contributed by atoms with Crippen LogP contribution < -0.4 is 5.73 Å². The maximum absolute atomic E-state index is 13.7. The molecular weight excluding hydrogens is 328 g/mol. The third kappa shape index (κ3) is 2.91. The summed E-state index contributed by atoms with van der Waals surface area (Å²) < 4.78 is 29.4. The lowest BCUT2D eigenvalue weighted by Gasteiger charge is -2.14. The zero-order valence-electron chi connectivity index (χ0n) is 11.3. The Bertz CT molecular complexity index is 625. The van der Waals surface area contributed by atoms with Crippen molar-refractivity contribution in [2.45, 2.75) is 32.9 Å². The van der Waals surface area contributed by atoms with Crippen LogP contribution in [0.25, 0.3) is 0 Å². The van der Waals surface area contributed by atoms with E-state index in [4.69, 9.17) is 5.73 Å². The summed E-state index contributed by atoms with van der Waals surface area (Å²) in [5.41, 5.74) is 8.15. The van der Waals surface area contributed by atoms with E-state index in [0.29, 0.717) is 18.5 Å². The zero-order valence-corrected chi connectivity index (χ0v) is 12.9. The van der Waals surface area contributed by atoms with Crippen LogP contribution in [0.15, 0.2) is 22.7 Å². The van der Waals surface area contributed by atoms with Crippen molar-refractivity contribution in [3.63, 3.8) is 0 Å². The third-order valence-electron chi connectivity index (χ3n) is 3.23. The molecule has 0 saturated heterocycles. The number of nitrogens with zero attached hydrogens (tertiary/aromatic N) is 2. The molecule has 0 fully saturated rings. The topological polar surface area (TPSA) is 43.8 Å². The molecule has 2 rings (SSSR count). The fourth-order valence-corrected chi connectivity index (χ4v) is 2.63. The predicted molar refractivity (Wildman–Crippen MR) is 77.3 cm³/mol. The van der Waals surface area contributed by atoms with Gasteiger partial charge in [0.15, 0.2) is 0 Å². The summed E-state index contributed by atoms with van der Waals surface area (Å²) in [7, 11) is 0. The van der Waals surface area contributed by atoms with E-state index < -0.39 is 17.7 Å². The number of halogens is 3. The predicted octanol–water partition coefficient (Wildman–Crippen LogP) is 3.49. The first-order valence-electron chi connectivity index (χ1n) is 6.36. The first-order chi connectivity index (χ1) is 9.43. The van der Waals surface area contributed by atoms with Gasteiger partial charge in [-0.25, -0.2) is 8.78 Å². The fraction of sp³-hybridized carbons (Fsp3) is 0.357. The van der Waals surface area contributed by atoms with Gasteiger partial charge in [-0.05, 0) is 35.8 Å². The van der Waals surface area contributed by atoms with Gasteiger partial charge >= 0.3 is 0 Å². The van der Waals surface area contributed by atoms with E-state index in [1.807, 2.05) is 18.5 Å². The van der Waals surface area contributed by atoms with Gasteiger partial charge in [-0.1, -0.05) is 6.07 Å². The maximum atomic E-state index is 13.7. The Balaban J connectivity index is 2.30. The normalized spacial score (nSPS) is 12.7. The largest absolute Gasteiger partial charge is 0.324 e. The number of hydrogen-bond donors (Lipinski definition) is 1. The minimum absolute atomic E-state index is 0.305.